The number of hydrogen-bond acceptors (Lipinski definition) is 5. The van der Waals surface area contributed by atoms with Gasteiger partial charge in [0, 0.05) is 17.3 Å². The highest BCUT2D eigenvalue weighted by Crippen LogP contribution is 2.22. The molecule has 0 radical (unpaired) electrons. The third kappa shape index (κ3) is 2.68. The summed E-state index contributed by atoms with van der Waals surface area (Å²) in [7, 11) is -2.82. The monoisotopic (exact) mass is 277 g/mol. The molecule has 1 atom stereocenters. The van der Waals surface area contributed by atoms with E-state index in [-0.39, 0.29) is 11.7 Å². The van der Waals surface area contributed by atoms with Gasteiger partial charge >= 0.3 is 0 Å². The summed E-state index contributed by atoms with van der Waals surface area (Å²) >= 11 is 0. The first-order valence-electron chi connectivity index (χ1n) is 6.29. The summed E-state index contributed by atoms with van der Waals surface area (Å²) in [5.74, 6) is 1.48. The molecule has 1 aliphatic rings. The Kier molecular flexibility index (Phi) is 3.10. The topological polar surface area (TPSA) is 72.0 Å². The Hall–Kier alpha value is -1.69. The Labute approximate surface area is 112 Å². The van der Waals surface area contributed by atoms with Gasteiger partial charge in [0.2, 0.25) is 0 Å². The van der Waals surface area contributed by atoms with Crippen LogP contribution in [-0.4, -0.2) is 36.7 Å². The van der Waals surface area contributed by atoms with Crippen molar-refractivity contribution >= 4 is 26.4 Å². The quantitative estimate of drug-likeness (QED) is 0.920. The van der Waals surface area contributed by atoms with Gasteiger partial charge in [-0.15, -0.1) is 5.10 Å². The zero-order valence-electron chi connectivity index (χ0n) is 10.4. The van der Waals surface area contributed by atoms with Crippen molar-refractivity contribution in [1.29, 1.82) is 0 Å². The SMILES string of the molecule is O=S1(=O)CCC(CNc2nncc3ccccc23)C1. The molecule has 1 aromatic carbocycles. The predicted molar refractivity (Wildman–Crippen MR) is 74.8 cm³/mol. The summed E-state index contributed by atoms with van der Waals surface area (Å²) in [6.07, 6.45) is 2.45. The van der Waals surface area contributed by atoms with Crippen LogP contribution >= 0.6 is 0 Å². The fourth-order valence-electron chi connectivity index (χ4n) is 2.43. The second kappa shape index (κ2) is 4.77. The molecule has 1 aliphatic heterocycles. The van der Waals surface area contributed by atoms with E-state index in [9.17, 15) is 8.42 Å². The number of sulfone groups is 1. The summed E-state index contributed by atoms with van der Waals surface area (Å²) in [6, 6.07) is 7.87. The van der Waals surface area contributed by atoms with Crippen LogP contribution in [0, 0.1) is 5.92 Å². The predicted octanol–water partition coefficient (Wildman–Crippen LogP) is 1.48. The fourth-order valence-corrected chi connectivity index (χ4v) is 4.29. The maximum absolute atomic E-state index is 11.4. The van der Waals surface area contributed by atoms with E-state index in [2.05, 4.69) is 15.5 Å². The van der Waals surface area contributed by atoms with Crippen LogP contribution in [0.2, 0.25) is 0 Å². The lowest BCUT2D eigenvalue weighted by Gasteiger charge is -2.11. The maximum atomic E-state index is 11.4. The number of benzene rings is 1. The first-order chi connectivity index (χ1) is 9.14. The molecule has 100 valence electrons. The third-order valence-electron chi connectivity index (χ3n) is 3.46. The van der Waals surface area contributed by atoms with Crippen LogP contribution in [0.5, 0.6) is 0 Å². The zero-order chi connectivity index (χ0) is 13.3. The molecule has 0 spiro atoms. The molecular weight excluding hydrogens is 262 g/mol. The van der Waals surface area contributed by atoms with E-state index in [1.54, 1.807) is 6.20 Å². The number of anilines is 1. The van der Waals surface area contributed by atoms with Crippen LogP contribution in [0.3, 0.4) is 0 Å². The average Bonchev–Trinajstić information content (AvgIpc) is 2.76. The highest BCUT2D eigenvalue weighted by molar-refractivity contribution is 7.91. The van der Waals surface area contributed by atoms with Gasteiger partial charge in [-0.1, -0.05) is 24.3 Å². The molecule has 2 aromatic rings. The lowest BCUT2D eigenvalue weighted by molar-refractivity contribution is 0.595. The van der Waals surface area contributed by atoms with Crippen LogP contribution in [0.25, 0.3) is 10.8 Å². The summed E-state index contributed by atoms with van der Waals surface area (Å²) in [5.41, 5.74) is 0. The van der Waals surface area contributed by atoms with Gasteiger partial charge in [0.05, 0.1) is 17.7 Å². The van der Waals surface area contributed by atoms with Crippen LogP contribution in [0.1, 0.15) is 6.42 Å². The third-order valence-corrected chi connectivity index (χ3v) is 5.29. The van der Waals surface area contributed by atoms with Crippen molar-refractivity contribution in [2.24, 2.45) is 5.92 Å². The van der Waals surface area contributed by atoms with Crippen molar-refractivity contribution in [3.05, 3.63) is 30.5 Å². The lowest BCUT2D eigenvalue weighted by atomic mass is 10.1. The van der Waals surface area contributed by atoms with E-state index in [1.807, 2.05) is 24.3 Å². The standard InChI is InChI=1S/C13H15N3O2S/c17-19(18)6-5-10(9-19)7-14-13-12-4-2-1-3-11(12)8-15-16-13/h1-4,8,10H,5-7,9H2,(H,14,16). The van der Waals surface area contributed by atoms with E-state index in [0.717, 1.165) is 23.0 Å². The Bertz CT molecular complexity index is 695. The van der Waals surface area contributed by atoms with Crippen molar-refractivity contribution in [3.63, 3.8) is 0 Å². The number of hydrogen-bond donors (Lipinski definition) is 1. The summed E-state index contributed by atoms with van der Waals surface area (Å²) in [4.78, 5) is 0. The molecule has 6 heteroatoms. The summed E-state index contributed by atoms with van der Waals surface area (Å²) < 4.78 is 22.8. The number of aromatic nitrogens is 2. The van der Waals surface area contributed by atoms with Crippen molar-refractivity contribution in [3.8, 4) is 0 Å². The maximum Gasteiger partial charge on any atom is 0.156 e. The van der Waals surface area contributed by atoms with Crippen LogP contribution in [0.15, 0.2) is 30.5 Å². The molecular formula is C13H15N3O2S. The molecule has 0 amide bonds. The molecule has 1 fully saturated rings. The largest absolute Gasteiger partial charge is 0.368 e. The van der Waals surface area contributed by atoms with Gasteiger partial charge in [0.25, 0.3) is 0 Å². The number of nitrogens with zero attached hydrogens (tertiary/aromatic N) is 2. The van der Waals surface area contributed by atoms with Gasteiger partial charge in [-0.25, -0.2) is 8.42 Å². The van der Waals surface area contributed by atoms with Crippen molar-refractivity contribution in [1.82, 2.24) is 10.2 Å². The lowest BCUT2D eigenvalue weighted by Crippen LogP contribution is -2.16. The Morgan fingerprint density at radius 2 is 2.16 bits per heavy atom. The van der Waals surface area contributed by atoms with Gasteiger partial charge in [0.15, 0.2) is 15.7 Å². The van der Waals surface area contributed by atoms with Gasteiger partial charge in [0.1, 0.15) is 0 Å². The molecule has 1 aromatic heterocycles. The molecule has 0 aliphatic carbocycles. The highest BCUT2D eigenvalue weighted by atomic mass is 32.2. The molecule has 5 nitrogen and oxygen atoms in total. The van der Waals surface area contributed by atoms with E-state index >= 15 is 0 Å². The van der Waals surface area contributed by atoms with Gasteiger partial charge < -0.3 is 5.32 Å². The molecule has 1 unspecified atom stereocenters. The molecule has 0 bridgehead atoms. The second-order valence-electron chi connectivity index (χ2n) is 4.93. The van der Waals surface area contributed by atoms with E-state index in [0.29, 0.717) is 12.3 Å². The minimum atomic E-state index is -2.82. The summed E-state index contributed by atoms with van der Waals surface area (Å²) in [6.45, 7) is 0.627. The average molecular weight is 277 g/mol. The molecule has 2 heterocycles. The number of rotatable bonds is 3. The van der Waals surface area contributed by atoms with Gasteiger partial charge in [-0.3, -0.25) is 0 Å². The Balaban J connectivity index is 1.76. The first-order valence-corrected chi connectivity index (χ1v) is 8.11. The molecule has 0 saturated carbocycles. The van der Waals surface area contributed by atoms with E-state index < -0.39 is 9.84 Å². The van der Waals surface area contributed by atoms with E-state index in [4.69, 9.17) is 0 Å². The van der Waals surface area contributed by atoms with Gasteiger partial charge in [-0.2, -0.15) is 5.10 Å². The van der Waals surface area contributed by atoms with Crippen molar-refractivity contribution < 1.29 is 8.42 Å². The minimum absolute atomic E-state index is 0.172. The van der Waals surface area contributed by atoms with Crippen LogP contribution in [-0.2, 0) is 9.84 Å². The fraction of sp³-hybridized carbons (Fsp3) is 0.385. The normalized spacial score (nSPS) is 21.6. The molecule has 1 saturated heterocycles. The van der Waals surface area contributed by atoms with Crippen LogP contribution < -0.4 is 5.32 Å². The first kappa shape index (κ1) is 12.3. The molecule has 1 N–H and O–H groups in total. The zero-order valence-corrected chi connectivity index (χ0v) is 11.2. The molecule has 19 heavy (non-hydrogen) atoms. The smallest absolute Gasteiger partial charge is 0.156 e. The Morgan fingerprint density at radius 3 is 2.95 bits per heavy atom. The molecule has 3 rings (SSSR count). The highest BCUT2D eigenvalue weighted by Gasteiger charge is 2.27. The van der Waals surface area contributed by atoms with Gasteiger partial charge in [-0.05, 0) is 12.3 Å². The minimum Gasteiger partial charge on any atom is -0.368 e. The Morgan fingerprint density at radius 1 is 1.32 bits per heavy atom. The summed E-state index contributed by atoms with van der Waals surface area (Å²) in [5, 5.41) is 13.3. The number of fused-ring (bicyclic) bond motifs is 1. The van der Waals surface area contributed by atoms with Crippen LogP contribution in [0.4, 0.5) is 5.82 Å². The van der Waals surface area contributed by atoms with E-state index in [1.165, 1.54) is 0 Å². The van der Waals surface area contributed by atoms with Crippen molar-refractivity contribution in [2.75, 3.05) is 23.4 Å². The second-order valence-corrected chi connectivity index (χ2v) is 7.16. The number of nitrogens with one attached hydrogen (secondary N) is 1. The van der Waals surface area contributed by atoms with Crippen molar-refractivity contribution in [2.45, 2.75) is 6.42 Å².